The third kappa shape index (κ3) is 1.68. The minimum atomic E-state index is -1.17. The van der Waals surface area contributed by atoms with Gasteiger partial charge in [0.1, 0.15) is 6.10 Å². The average Bonchev–Trinajstić information content (AvgIpc) is 2.73. The molecule has 6 nitrogen and oxygen atoms in total. The van der Waals surface area contributed by atoms with Crippen molar-refractivity contribution in [2.75, 3.05) is 20.2 Å². The van der Waals surface area contributed by atoms with Crippen molar-refractivity contribution in [1.29, 1.82) is 0 Å². The van der Waals surface area contributed by atoms with Gasteiger partial charge in [-0.2, -0.15) is 0 Å². The van der Waals surface area contributed by atoms with Crippen molar-refractivity contribution in [2.45, 2.75) is 75.9 Å². The number of aliphatic hydroxyl groups excluding tert-OH is 1. The van der Waals surface area contributed by atoms with Gasteiger partial charge in [-0.1, -0.05) is 13.8 Å². The lowest BCUT2D eigenvalue weighted by Crippen LogP contribution is -2.76. The molecular weight excluding hydrogens is 358 g/mol. The predicted octanol–water partition coefficient (Wildman–Crippen LogP) is 1.19. The molecule has 7 aliphatic rings. The summed E-state index contributed by atoms with van der Waals surface area (Å²) in [4.78, 5) is 15.6. The van der Waals surface area contributed by atoms with Crippen molar-refractivity contribution in [3.8, 4) is 0 Å². The maximum Gasteiger partial charge on any atom is 0.312 e. The molecule has 4 aliphatic carbocycles. The number of fused-ring (bicyclic) bond motifs is 2. The molecule has 156 valence electrons. The first kappa shape index (κ1) is 18.1. The number of ether oxygens (including phenoxy) is 2. The van der Waals surface area contributed by atoms with Crippen molar-refractivity contribution in [3.05, 3.63) is 0 Å². The van der Waals surface area contributed by atoms with Gasteiger partial charge in [0.2, 0.25) is 0 Å². The lowest BCUT2D eigenvalue weighted by atomic mass is 9.42. The number of piperidine rings is 1. The van der Waals surface area contributed by atoms with E-state index in [2.05, 4.69) is 18.7 Å². The lowest BCUT2D eigenvalue weighted by Gasteiger charge is -2.69. The molecule has 3 saturated heterocycles. The molecule has 7 fully saturated rings. The van der Waals surface area contributed by atoms with Crippen LogP contribution in [0.3, 0.4) is 0 Å². The van der Waals surface area contributed by atoms with E-state index >= 15 is 0 Å². The SMILES string of the molecule is CCN1C[C@@]2(C)CCC(OC)[C@]34C1C([C@@H](O)C23)[C@@]1(O)CCC2C[C@@H]4[C@@H]1C(=O)O2. The van der Waals surface area contributed by atoms with Crippen molar-refractivity contribution < 1.29 is 24.5 Å². The summed E-state index contributed by atoms with van der Waals surface area (Å²) in [5.41, 5.74) is -1.46. The number of aliphatic hydroxyl groups is 2. The molecule has 28 heavy (non-hydrogen) atoms. The van der Waals surface area contributed by atoms with Gasteiger partial charge in [-0.15, -0.1) is 0 Å². The van der Waals surface area contributed by atoms with Crippen LogP contribution in [-0.2, 0) is 14.3 Å². The molecule has 0 aromatic carbocycles. The van der Waals surface area contributed by atoms with Crippen LogP contribution in [0.25, 0.3) is 0 Å². The number of nitrogens with zero attached hydrogens (tertiary/aromatic N) is 1. The average molecular weight is 392 g/mol. The molecule has 0 amide bonds. The highest BCUT2D eigenvalue weighted by molar-refractivity contribution is 5.77. The Balaban J connectivity index is 1.66. The number of carbonyl (C=O) groups is 1. The molecule has 0 radical (unpaired) electrons. The summed E-state index contributed by atoms with van der Waals surface area (Å²) < 4.78 is 11.9. The predicted molar refractivity (Wildman–Crippen MR) is 100 cm³/mol. The van der Waals surface area contributed by atoms with Crippen molar-refractivity contribution in [2.24, 2.45) is 34.5 Å². The van der Waals surface area contributed by atoms with E-state index in [4.69, 9.17) is 9.47 Å². The van der Waals surface area contributed by atoms with Gasteiger partial charge in [-0.25, -0.2) is 0 Å². The summed E-state index contributed by atoms with van der Waals surface area (Å²) in [5.74, 6) is -0.969. The van der Waals surface area contributed by atoms with Gasteiger partial charge < -0.3 is 19.7 Å². The molecule has 11 atom stereocenters. The Labute approximate surface area is 166 Å². The van der Waals surface area contributed by atoms with E-state index in [9.17, 15) is 15.0 Å². The fourth-order valence-corrected chi connectivity index (χ4v) is 9.64. The smallest absolute Gasteiger partial charge is 0.312 e. The summed E-state index contributed by atoms with van der Waals surface area (Å²) in [6, 6.07) is 0.0757. The Kier molecular flexibility index (Phi) is 3.44. The second-order valence-corrected chi connectivity index (χ2v) is 10.8. The normalized spacial score (nSPS) is 61.8. The Hall–Kier alpha value is -0.690. The highest BCUT2D eigenvalue weighted by atomic mass is 16.5. The van der Waals surface area contributed by atoms with Crippen LogP contribution in [0.2, 0.25) is 0 Å². The number of carbonyl (C=O) groups excluding carboxylic acids is 1. The van der Waals surface area contributed by atoms with E-state index in [1.807, 2.05) is 0 Å². The van der Waals surface area contributed by atoms with Gasteiger partial charge in [0.05, 0.1) is 23.7 Å². The van der Waals surface area contributed by atoms with Gasteiger partial charge in [0.15, 0.2) is 0 Å². The summed E-state index contributed by atoms with van der Waals surface area (Å²) in [6.07, 6.45) is 3.38. The maximum atomic E-state index is 13.1. The van der Waals surface area contributed by atoms with Crippen LogP contribution in [-0.4, -0.2) is 71.2 Å². The summed E-state index contributed by atoms with van der Waals surface area (Å²) in [6.45, 7) is 6.38. The molecule has 7 rings (SSSR count). The zero-order chi connectivity index (χ0) is 19.6. The molecule has 6 heteroatoms. The van der Waals surface area contributed by atoms with Crippen LogP contribution in [0.5, 0.6) is 0 Å². The van der Waals surface area contributed by atoms with Crippen molar-refractivity contribution in [1.82, 2.24) is 4.90 Å². The molecule has 0 aromatic rings. The van der Waals surface area contributed by atoms with E-state index in [1.54, 1.807) is 7.11 Å². The van der Waals surface area contributed by atoms with Crippen LogP contribution in [0.4, 0.5) is 0 Å². The van der Waals surface area contributed by atoms with Gasteiger partial charge in [0.25, 0.3) is 0 Å². The van der Waals surface area contributed by atoms with E-state index in [0.29, 0.717) is 12.8 Å². The maximum absolute atomic E-state index is 13.1. The third-order valence-electron chi connectivity index (χ3n) is 10.1. The monoisotopic (exact) mass is 391 g/mol. The van der Waals surface area contributed by atoms with Crippen molar-refractivity contribution in [3.63, 3.8) is 0 Å². The molecule has 3 aliphatic heterocycles. The standard InChI is InChI=1S/C22H33NO5/c1-4-23-10-20(2)7-6-13(27-3)22-12-9-11-5-8-21(26,14(12)19(25)28-11)15(18(22)23)16(24)17(20)22/h11-18,24,26H,4-10H2,1-3H3/t11?,12-,13?,14-,15?,16-,17?,18?,20-,21-,22+/m1/s1. The highest BCUT2D eigenvalue weighted by Crippen LogP contribution is 2.77. The molecular formula is C22H33NO5. The van der Waals surface area contributed by atoms with E-state index in [-0.39, 0.29) is 52.8 Å². The molecule has 0 aromatic heterocycles. The number of likely N-dealkylation sites (tertiary alicyclic amines) is 1. The molecule has 5 unspecified atom stereocenters. The second kappa shape index (κ2) is 5.32. The van der Waals surface area contributed by atoms with Gasteiger partial charge >= 0.3 is 5.97 Å². The quantitative estimate of drug-likeness (QED) is 0.689. The van der Waals surface area contributed by atoms with Crippen LogP contribution in [0.1, 0.15) is 46.0 Å². The Morgan fingerprint density at radius 2 is 2.11 bits per heavy atom. The zero-order valence-electron chi connectivity index (χ0n) is 17.1. The number of rotatable bonds is 2. The van der Waals surface area contributed by atoms with E-state index < -0.39 is 17.6 Å². The topological polar surface area (TPSA) is 79.2 Å². The number of hydrogen-bond donors (Lipinski definition) is 2. The third-order valence-corrected chi connectivity index (χ3v) is 10.1. The van der Waals surface area contributed by atoms with Crippen LogP contribution in [0.15, 0.2) is 0 Å². The van der Waals surface area contributed by atoms with Crippen molar-refractivity contribution >= 4 is 5.97 Å². The molecule has 3 heterocycles. The fourth-order valence-electron chi connectivity index (χ4n) is 9.64. The number of methoxy groups -OCH3 is 1. The highest BCUT2D eigenvalue weighted by Gasteiger charge is 2.84. The fraction of sp³-hybridized carbons (Fsp3) is 0.955. The summed E-state index contributed by atoms with van der Waals surface area (Å²) in [5, 5.41) is 23.9. The first-order chi connectivity index (χ1) is 13.3. The van der Waals surface area contributed by atoms with Gasteiger partial charge in [0, 0.05) is 36.9 Å². The Morgan fingerprint density at radius 3 is 2.82 bits per heavy atom. The largest absolute Gasteiger partial charge is 0.462 e. The molecule has 1 spiro atoms. The minimum absolute atomic E-state index is 0.0123. The second-order valence-electron chi connectivity index (χ2n) is 10.8. The molecule has 9 bridgehead atoms. The lowest BCUT2D eigenvalue weighted by molar-refractivity contribution is -0.269. The van der Waals surface area contributed by atoms with Crippen LogP contribution in [0, 0.1) is 34.5 Å². The molecule has 4 saturated carbocycles. The first-order valence-electron chi connectivity index (χ1n) is 11.2. The minimum Gasteiger partial charge on any atom is -0.462 e. The zero-order valence-corrected chi connectivity index (χ0v) is 17.1. The molecule has 2 N–H and O–H groups in total. The number of esters is 1. The Morgan fingerprint density at radius 1 is 1.32 bits per heavy atom. The van der Waals surface area contributed by atoms with Crippen LogP contribution < -0.4 is 0 Å². The summed E-state index contributed by atoms with van der Waals surface area (Å²) >= 11 is 0. The Bertz CT molecular complexity index is 730. The summed E-state index contributed by atoms with van der Waals surface area (Å²) in [7, 11) is 1.79. The van der Waals surface area contributed by atoms with E-state index in [0.717, 1.165) is 32.4 Å². The first-order valence-corrected chi connectivity index (χ1v) is 11.2. The van der Waals surface area contributed by atoms with Crippen LogP contribution >= 0.6 is 0 Å². The van der Waals surface area contributed by atoms with Gasteiger partial charge in [-0.05, 0) is 50.0 Å². The number of hydrogen-bond acceptors (Lipinski definition) is 6. The van der Waals surface area contributed by atoms with Gasteiger partial charge in [-0.3, -0.25) is 9.69 Å². The van der Waals surface area contributed by atoms with E-state index in [1.165, 1.54) is 0 Å².